The van der Waals surface area contributed by atoms with Gasteiger partial charge < -0.3 is 15.6 Å². The fourth-order valence-corrected chi connectivity index (χ4v) is 2.28. The van der Waals surface area contributed by atoms with Crippen molar-refractivity contribution in [3.8, 4) is 11.1 Å². The molecule has 0 saturated heterocycles. The molecule has 1 heterocycles. The van der Waals surface area contributed by atoms with Crippen molar-refractivity contribution in [1.82, 2.24) is 5.32 Å². The number of nitrogens with one attached hydrogen (secondary N) is 1. The van der Waals surface area contributed by atoms with E-state index in [-0.39, 0.29) is 0 Å². The molecule has 0 aliphatic rings. The van der Waals surface area contributed by atoms with E-state index >= 15 is 0 Å². The summed E-state index contributed by atoms with van der Waals surface area (Å²) >= 11 is 10.8. The fourth-order valence-electron chi connectivity index (χ4n) is 2.16. The number of nitrogens with zero attached hydrogens (tertiary/aromatic N) is 1. The van der Waals surface area contributed by atoms with Gasteiger partial charge in [0, 0.05) is 12.1 Å². The van der Waals surface area contributed by atoms with E-state index in [0.29, 0.717) is 10.3 Å². The Hall–Kier alpha value is -1.89. The van der Waals surface area contributed by atoms with E-state index in [1.165, 1.54) is 12.4 Å². The van der Waals surface area contributed by atoms with Crippen LogP contribution in [0.25, 0.3) is 11.1 Å². The number of hydrogen-bond acceptors (Lipinski definition) is 3. The first-order valence-corrected chi connectivity index (χ1v) is 7.91. The van der Waals surface area contributed by atoms with Gasteiger partial charge in [-0.3, -0.25) is 4.79 Å². The molecule has 128 valence electrons. The molecule has 0 radical (unpaired) electrons. The van der Waals surface area contributed by atoms with Crippen molar-refractivity contribution in [2.45, 2.75) is 17.0 Å². The summed E-state index contributed by atoms with van der Waals surface area (Å²) in [5.41, 5.74) is 2.08. The van der Waals surface area contributed by atoms with Gasteiger partial charge in [0.1, 0.15) is 12.8 Å². The molecule has 0 aliphatic carbocycles. The number of aromatic nitrogens is 1. The van der Waals surface area contributed by atoms with Crippen LogP contribution in [0.2, 0.25) is 0 Å². The molecule has 2 unspecified atom stereocenters. The van der Waals surface area contributed by atoms with Gasteiger partial charge in [0.2, 0.25) is 0 Å². The van der Waals surface area contributed by atoms with Gasteiger partial charge in [-0.25, -0.2) is 4.39 Å². The summed E-state index contributed by atoms with van der Waals surface area (Å²) in [6.45, 7) is -0.975. The minimum absolute atomic E-state index is 0.428. The molecule has 2 atom stereocenters. The minimum atomic E-state index is -1.34. The Morgan fingerprint density at radius 2 is 1.71 bits per heavy atom. The number of carbonyl (C=O) groups excluding carboxylic acids is 1. The smallest absolute Gasteiger partial charge is 0.253 e. The molecule has 0 spiro atoms. The van der Waals surface area contributed by atoms with Crippen molar-refractivity contribution in [2.24, 2.45) is 0 Å². The van der Waals surface area contributed by atoms with Gasteiger partial charge >= 0.3 is 0 Å². The summed E-state index contributed by atoms with van der Waals surface area (Å²) < 4.78 is 13.8. The molecule has 0 fully saturated rings. The molecular weight excluding hydrogens is 358 g/mol. The average Bonchev–Trinajstić information content (AvgIpc) is 2.59. The molecule has 2 rings (SSSR count). The van der Waals surface area contributed by atoms with Crippen molar-refractivity contribution >= 4 is 29.1 Å². The number of amides is 1. The van der Waals surface area contributed by atoms with Gasteiger partial charge in [0.05, 0.1) is 6.04 Å². The molecule has 0 saturated carbocycles. The lowest BCUT2D eigenvalue weighted by Gasteiger charge is -2.22. The van der Waals surface area contributed by atoms with Gasteiger partial charge in [-0.05, 0) is 16.7 Å². The van der Waals surface area contributed by atoms with Crippen LogP contribution in [0.4, 0.5) is 4.39 Å². The van der Waals surface area contributed by atoms with E-state index in [0.717, 1.165) is 11.1 Å². The lowest BCUT2D eigenvalue weighted by atomic mass is 9.99. The standard InChI is InChI=1S/C16H15Cl2FN2O3/c17-15(18)16(23)20-13(9-19)14(22)12-3-1-10(2-4-12)11-5-7-21(24)8-6-11/h1-8,13-15,22H,9H2,(H,20,23). The zero-order valence-electron chi connectivity index (χ0n) is 12.4. The highest BCUT2D eigenvalue weighted by Gasteiger charge is 2.25. The highest BCUT2D eigenvalue weighted by atomic mass is 35.5. The van der Waals surface area contributed by atoms with Crippen LogP contribution in [0, 0.1) is 5.21 Å². The van der Waals surface area contributed by atoms with E-state index in [2.05, 4.69) is 5.32 Å². The number of pyridine rings is 1. The topological polar surface area (TPSA) is 76.3 Å². The van der Waals surface area contributed by atoms with Crippen LogP contribution in [-0.4, -0.2) is 28.6 Å². The van der Waals surface area contributed by atoms with Gasteiger partial charge in [-0.2, -0.15) is 4.73 Å². The van der Waals surface area contributed by atoms with Crippen LogP contribution in [0.1, 0.15) is 11.7 Å². The van der Waals surface area contributed by atoms with Gasteiger partial charge in [0.15, 0.2) is 17.2 Å². The van der Waals surface area contributed by atoms with Crippen molar-refractivity contribution in [3.63, 3.8) is 0 Å². The van der Waals surface area contributed by atoms with Crippen LogP contribution < -0.4 is 10.0 Å². The third-order valence-electron chi connectivity index (χ3n) is 3.46. The Kier molecular flexibility index (Phi) is 6.36. The number of halogens is 3. The first-order valence-electron chi connectivity index (χ1n) is 7.04. The molecule has 2 N–H and O–H groups in total. The molecular formula is C16H15Cl2FN2O3. The largest absolute Gasteiger partial charge is 0.619 e. The third-order valence-corrected chi connectivity index (χ3v) is 3.86. The third kappa shape index (κ3) is 4.56. The number of rotatable bonds is 6. The molecule has 1 aromatic heterocycles. The highest BCUT2D eigenvalue weighted by molar-refractivity contribution is 6.53. The predicted octanol–water partition coefficient (Wildman–Crippen LogP) is 2.28. The Morgan fingerprint density at radius 3 is 2.21 bits per heavy atom. The summed E-state index contributed by atoms with van der Waals surface area (Å²) in [6.07, 6.45) is 1.50. The van der Waals surface area contributed by atoms with Crippen LogP contribution >= 0.6 is 23.2 Å². The van der Waals surface area contributed by atoms with Crippen molar-refractivity contribution in [2.75, 3.05) is 6.67 Å². The first-order chi connectivity index (χ1) is 11.4. The summed E-state index contributed by atoms with van der Waals surface area (Å²) in [4.78, 5) is 10.1. The number of benzene rings is 1. The lowest BCUT2D eigenvalue weighted by molar-refractivity contribution is -0.605. The quantitative estimate of drug-likeness (QED) is 0.464. The van der Waals surface area contributed by atoms with E-state index in [4.69, 9.17) is 23.2 Å². The van der Waals surface area contributed by atoms with Crippen LogP contribution in [0.15, 0.2) is 48.8 Å². The monoisotopic (exact) mass is 372 g/mol. The van der Waals surface area contributed by atoms with E-state index in [1.807, 2.05) is 0 Å². The number of carbonyl (C=O) groups is 1. The molecule has 1 aromatic carbocycles. The summed E-state index contributed by atoms with van der Waals surface area (Å²) in [5, 5.41) is 23.5. The summed E-state index contributed by atoms with van der Waals surface area (Å²) in [6, 6.07) is 8.85. The molecule has 24 heavy (non-hydrogen) atoms. The average molecular weight is 373 g/mol. The van der Waals surface area contributed by atoms with E-state index in [9.17, 15) is 19.5 Å². The number of aliphatic hydroxyl groups excluding tert-OH is 1. The maximum Gasteiger partial charge on any atom is 0.253 e. The molecule has 8 heteroatoms. The Balaban J connectivity index is 2.13. The van der Waals surface area contributed by atoms with Gasteiger partial charge in [0.25, 0.3) is 5.91 Å². The zero-order valence-corrected chi connectivity index (χ0v) is 13.9. The number of hydrogen-bond donors (Lipinski definition) is 2. The van der Waals surface area contributed by atoms with Gasteiger partial charge in [-0.1, -0.05) is 47.5 Å². The number of alkyl halides is 3. The zero-order chi connectivity index (χ0) is 17.7. The van der Waals surface area contributed by atoms with Crippen molar-refractivity contribution < 1.29 is 19.0 Å². The lowest BCUT2D eigenvalue weighted by Crippen LogP contribution is -2.43. The molecule has 5 nitrogen and oxygen atoms in total. The van der Waals surface area contributed by atoms with Crippen LogP contribution in [-0.2, 0) is 4.79 Å². The fraction of sp³-hybridized carbons (Fsp3) is 0.250. The molecule has 0 aliphatic heterocycles. The first kappa shape index (κ1) is 18.4. The Labute approximate surface area is 148 Å². The summed E-state index contributed by atoms with van der Waals surface area (Å²) in [5.74, 6) is -0.771. The summed E-state index contributed by atoms with van der Waals surface area (Å²) in [7, 11) is 0. The molecule has 0 bridgehead atoms. The predicted molar refractivity (Wildman–Crippen MR) is 89.2 cm³/mol. The number of aliphatic hydroxyl groups is 1. The minimum Gasteiger partial charge on any atom is -0.619 e. The van der Waals surface area contributed by atoms with Crippen molar-refractivity contribution in [3.05, 3.63) is 59.6 Å². The second kappa shape index (κ2) is 8.28. The Morgan fingerprint density at radius 1 is 1.17 bits per heavy atom. The Bertz CT molecular complexity index is 681. The van der Waals surface area contributed by atoms with Crippen LogP contribution in [0.3, 0.4) is 0 Å². The van der Waals surface area contributed by atoms with E-state index < -0.39 is 29.6 Å². The maximum absolute atomic E-state index is 13.1. The second-order valence-corrected chi connectivity index (χ2v) is 6.18. The molecule has 2 aromatic rings. The van der Waals surface area contributed by atoms with Gasteiger partial charge in [-0.15, -0.1) is 0 Å². The maximum atomic E-state index is 13.1. The normalized spacial score (nSPS) is 13.5. The van der Waals surface area contributed by atoms with E-state index in [1.54, 1.807) is 36.4 Å². The molecule has 1 amide bonds. The van der Waals surface area contributed by atoms with Crippen molar-refractivity contribution in [1.29, 1.82) is 0 Å². The SMILES string of the molecule is O=C(NC(CF)C(O)c1ccc(-c2cc[n+]([O-])cc2)cc1)C(Cl)Cl. The second-order valence-electron chi connectivity index (χ2n) is 5.08. The highest BCUT2D eigenvalue weighted by Crippen LogP contribution is 2.23. The van der Waals surface area contributed by atoms with Crippen LogP contribution in [0.5, 0.6) is 0 Å².